The van der Waals surface area contributed by atoms with E-state index < -0.39 is 5.41 Å². The Morgan fingerprint density at radius 2 is 1.64 bits per heavy atom. The number of carbonyl (C=O) groups is 1. The van der Waals surface area contributed by atoms with Crippen LogP contribution in [-0.4, -0.2) is 25.7 Å². The van der Waals surface area contributed by atoms with E-state index in [1.54, 1.807) is 0 Å². The Labute approximate surface area is 173 Å². The zero-order valence-corrected chi connectivity index (χ0v) is 16.9. The molecule has 2 aromatic rings. The van der Waals surface area contributed by atoms with Crippen LogP contribution in [0.25, 0.3) is 0 Å². The van der Waals surface area contributed by atoms with Gasteiger partial charge in [-0.15, -0.1) is 12.4 Å². The van der Waals surface area contributed by atoms with Gasteiger partial charge in [0.1, 0.15) is 0 Å². The number of hydrogen-bond donors (Lipinski definition) is 2. The van der Waals surface area contributed by atoms with Crippen LogP contribution in [0.1, 0.15) is 29.5 Å². The summed E-state index contributed by atoms with van der Waals surface area (Å²) in [6, 6.07) is 18.1. The fourth-order valence-electron chi connectivity index (χ4n) is 3.37. The number of halogens is 1. The molecule has 28 heavy (non-hydrogen) atoms. The highest BCUT2D eigenvalue weighted by Gasteiger charge is 2.38. The van der Waals surface area contributed by atoms with Gasteiger partial charge in [0.25, 0.3) is 0 Å². The van der Waals surface area contributed by atoms with Crippen molar-refractivity contribution in [2.75, 3.05) is 19.8 Å². The molecule has 0 bridgehead atoms. The average Bonchev–Trinajstić information content (AvgIpc) is 2.74. The minimum absolute atomic E-state index is 0. The van der Waals surface area contributed by atoms with Crippen LogP contribution in [0.2, 0.25) is 0 Å². The number of nitrogens with two attached hydrogens (primary N) is 1. The van der Waals surface area contributed by atoms with E-state index in [1.165, 1.54) is 0 Å². The van der Waals surface area contributed by atoms with Crippen LogP contribution in [0.3, 0.4) is 0 Å². The highest BCUT2D eigenvalue weighted by molar-refractivity contribution is 5.85. The fraction of sp³-hybridized carbons (Fsp3) is 0.409. The van der Waals surface area contributed by atoms with Gasteiger partial charge < -0.3 is 20.5 Å². The number of benzene rings is 2. The largest absolute Gasteiger partial charge is 0.381 e. The maximum atomic E-state index is 12.8. The van der Waals surface area contributed by atoms with Gasteiger partial charge in [0.2, 0.25) is 5.91 Å². The van der Waals surface area contributed by atoms with Crippen LogP contribution in [0.15, 0.2) is 54.6 Å². The first kappa shape index (κ1) is 22.4. The molecular formula is C22H29ClN2O3. The first-order chi connectivity index (χ1) is 13.2. The van der Waals surface area contributed by atoms with Gasteiger partial charge in [-0.05, 0) is 29.5 Å². The van der Waals surface area contributed by atoms with Crippen molar-refractivity contribution in [3.8, 4) is 0 Å². The smallest absolute Gasteiger partial charge is 0.227 e. The number of rotatable bonds is 8. The topological polar surface area (TPSA) is 73.6 Å². The SMILES string of the molecule is Cl.NCC1(C(=O)NCc2ccccc2COCc2ccccc2)CCOCC1. The molecule has 1 amide bonds. The molecule has 0 radical (unpaired) electrons. The van der Waals surface area contributed by atoms with Gasteiger partial charge in [0.05, 0.1) is 18.6 Å². The van der Waals surface area contributed by atoms with Gasteiger partial charge in [-0.1, -0.05) is 54.6 Å². The molecule has 1 fully saturated rings. The monoisotopic (exact) mass is 404 g/mol. The van der Waals surface area contributed by atoms with E-state index in [1.807, 2.05) is 54.6 Å². The number of nitrogens with one attached hydrogen (secondary N) is 1. The molecular weight excluding hydrogens is 376 g/mol. The van der Waals surface area contributed by atoms with Gasteiger partial charge in [-0.2, -0.15) is 0 Å². The van der Waals surface area contributed by atoms with E-state index >= 15 is 0 Å². The van der Waals surface area contributed by atoms with Gasteiger partial charge >= 0.3 is 0 Å². The Balaban J connectivity index is 0.00000280. The lowest BCUT2D eigenvalue weighted by Crippen LogP contribution is -2.49. The van der Waals surface area contributed by atoms with Gasteiger partial charge in [0, 0.05) is 26.3 Å². The van der Waals surface area contributed by atoms with Crippen molar-refractivity contribution in [3.63, 3.8) is 0 Å². The molecule has 0 saturated carbocycles. The highest BCUT2D eigenvalue weighted by atomic mass is 35.5. The molecule has 5 nitrogen and oxygen atoms in total. The molecule has 3 N–H and O–H groups in total. The quantitative estimate of drug-likeness (QED) is 0.708. The summed E-state index contributed by atoms with van der Waals surface area (Å²) >= 11 is 0. The molecule has 6 heteroatoms. The zero-order chi connectivity index (χ0) is 19.0. The Bertz CT molecular complexity index is 734. The predicted molar refractivity (Wildman–Crippen MR) is 112 cm³/mol. The lowest BCUT2D eigenvalue weighted by Gasteiger charge is -2.34. The second kappa shape index (κ2) is 11.2. The lowest BCUT2D eigenvalue weighted by atomic mass is 9.79. The molecule has 1 aliphatic heterocycles. The molecule has 0 unspecified atom stereocenters. The Morgan fingerprint density at radius 3 is 2.32 bits per heavy atom. The summed E-state index contributed by atoms with van der Waals surface area (Å²) in [6.07, 6.45) is 1.36. The van der Waals surface area contributed by atoms with E-state index in [0.717, 1.165) is 16.7 Å². The summed E-state index contributed by atoms with van der Waals surface area (Å²) in [6.45, 7) is 3.09. The van der Waals surface area contributed by atoms with Crippen molar-refractivity contribution in [3.05, 3.63) is 71.3 Å². The minimum Gasteiger partial charge on any atom is -0.381 e. The van der Waals surface area contributed by atoms with Crippen molar-refractivity contribution in [1.29, 1.82) is 0 Å². The zero-order valence-electron chi connectivity index (χ0n) is 16.1. The average molecular weight is 405 g/mol. The van der Waals surface area contributed by atoms with Gasteiger partial charge in [-0.25, -0.2) is 0 Å². The van der Waals surface area contributed by atoms with Crippen LogP contribution in [0.4, 0.5) is 0 Å². The maximum Gasteiger partial charge on any atom is 0.227 e. The van der Waals surface area contributed by atoms with Crippen LogP contribution >= 0.6 is 12.4 Å². The summed E-state index contributed by atoms with van der Waals surface area (Å²) in [5.41, 5.74) is 8.72. The molecule has 0 aromatic heterocycles. The van der Waals surface area contributed by atoms with E-state index in [0.29, 0.717) is 52.4 Å². The molecule has 0 atom stereocenters. The van der Waals surface area contributed by atoms with Crippen molar-refractivity contribution in [2.24, 2.45) is 11.1 Å². The molecule has 1 saturated heterocycles. The lowest BCUT2D eigenvalue weighted by molar-refractivity contribution is -0.136. The third-order valence-electron chi connectivity index (χ3n) is 5.25. The second-order valence-electron chi connectivity index (χ2n) is 7.03. The van der Waals surface area contributed by atoms with E-state index in [9.17, 15) is 4.79 Å². The number of ether oxygens (including phenoxy) is 2. The van der Waals surface area contributed by atoms with E-state index in [4.69, 9.17) is 15.2 Å². The van der Waals surface area contributed by atoms with Crippen molar-refractivity contribution in [2.45, 2.75) is 32.6 Å². The van der Waals surface area contributed by atoms with Gasteiger partial charge in [0.15, 0.2) is 0 Å². The molecule has 0 aliphatic carbocycles. The predicted octanol–water partition coefficient (Wildman–Crippen LogP) is 3.20. The molecule has 0 spiro atoms. The van der Waals surface area contributed by atoms with Crippen LogP contribution < -0.4 is 11.1 Å². The normalized spacial score (nSPS) is 15.5. The minimum atomic E-state index is -0.503. The molecule has 1 aliphatic rings. The summed E-state index contributed by atoms with van der Waals surface area (Å²) < 4.78 is 11.2. The highest BCUT2D eigenvalue weighted by Crippen LogP contribution is 2.29. The third-order valence-corrected chi connectivity index (χ3v) is 5.25. The molecule has 2 aromatic carbocycles. The maximum absolute atomic E-state index is 12.8. The first-order valence-electron chi connectivity index (χ1n) is 9.48. The molecule has 152 valence electrons. The van der Waals surface area contributed by atoms with Crippen molar-refractivity contribution in [1.82, 2.24) is 5.32 Å². The van der Waals surface area contributed by atoms with E-state index in [-0.39, 0.29) is 18.3 Å². The van der Waals surface area contributed by atoms with E-state index in [2.05, 4.69) is 5.32 Å². The van der Waals surface area contributed by atoms with Crippen LogP contribution in [-0.2, 0) is 34.0 Å². The molecule has 1 heterocycles. The Hall–Kier alpha value is -1.92. The fourth-order valence-corrected chi connectivity index (χ4v) is 3.37. The van der Waals surface area contributed by atoms with Crippen LogP contribution in [0, 0.1) is 5.41 Å². The number of amides is 1. The third kappa shape index (κ3) is 5.79. The standard InChI is InChI=1S/C22H28N2O3.ClH/c23-17-22(10-12-26-13-11-22)21(25)24-14-19-8-4-5-9-20(19)16-27-15-18-6-2-1-3-7-18;/h1-9H,10-17,23H2,(H,24,25);1H. The summed E-state index contributed by atoms with van der Waals surface area (Å²) in [5, 5.41) is 3.08. The Morgan fingerprint density at radius 1 is 1.00 bits per heavy atom. The summed E-state index contributed by atoms with van der Waals surface area (Å²) in [5.74, 6) is 0.0216. The summed E-state index contributed by atoms with van der Waals surface area (Å²) in [4.78, 5) is 12.8. The number of carbonyl (C=O) groups excluding carboxylic acids is 1. The number of hydrogen-bond acceptors (Lipinski definition) is 4. The molecule has 3 rings (SSSR count). The van der Waals surface area contributed by atoms with Crippen molar-refractivity contribution < 1.29 is 14.3 Å². The first-order valence-corrected chi connectivity index (χ1v) is 9.48. The van der Waals surface area contributed by atoms with Gasteiger partial charge in [-0.3, -0.25) is 4.79 Å². The summed E-state index contributed by atoms with van der Waals surface area (Å²) in [7, 11) is 0. The van der Waals surface area contributed by atoms with Crippen LogP contribution in [0.5, 0.6) is 0 Å². The second-order valence-corrected chi connectivity index (χ2v) is 7.03. The Kier molecular flexibility index (Phi) is 8.93. The van der Waals surface area contributed by atoms with Crippen molar-refractivity contribution >= 4 is 18.3 Å².